The van der Waals surface area contributed by atoms with Crippen molar-refractivity contribution in [3.8, 4) is 0 Å². The van der Waals surface area contributed by atoms with E-state index in [1.807, 2.05) is 61.6 Å². The normalized spacial score (nSPS) is 14.9. The van der Waals surface area contributed by atoms with Crippen LogP contribution in [0.25, 0.3) is 11.1 Å². The second-order valence-corrected chi connectivity index (χ2v) is 10.2. The third kappa shape index (κ3) is 5.07. The van der Waals surface area contributed by atoms with Crippen LogP contribution >= 0.6 is 0 Å². The summed E-state index contributed by atoms with van der Waals surface area (Å²) in [7, 11) is -1.63. The molecule has 0 saturated carbocycles. The average molecular weight is 462 g/mol. The summed E-state index contributed by atoms with van der Waals surface area (Å²) in [5.74, 6) is -0.418. The Bertz CT molecular complexity index is 1280. The molecule has 0 aromatic heterocycles. The molecule has 1 heterocycles. The Kier molecular flexibility index (Phi) is 6.77. The lowest BCUT2D eigenvalue weighted by Crippen LogP contribution is -2.24. The smallest absolute Gasteiger partial charge is 0.339 e. The summed E-state index contributed by atoms with van der Waals surface area (Å²) in [5.41, 5.74) is 4.70. The monoisotopic (exact) mass is 461 g/mol. The molecule has 1 aliphatic rings. The number of ether oxygens (including phenoxy) is 1. The molecule has 0 unspecified atom stereocenters. The van der Waals surface area contributed by atoms with Crippen molar-refractivity contribution in [2.45, 2.75) is 30.0 Å². The summed E-state index contributed by atoms with van der Waals surface area (Å²) in [4.78, 5) is 12.6. The Morgan fingerprint density at radius 3 is 2.18 bits per heavy atom. The van der Waals surface area contributed by atoms with E-state index in [1.165, 1.54) is 0 Å². The number of cyclic esters (lactones) is 1. The van der Waals surface area contributed by atoms with Gasteiger partial charge >= 0.3 is 5.97 Å². The molecular weight excluding hydrogens is 434 g/mol. The first kappa shape index (κ1) is 23.0. The van der Waals surface area contributed by atoms with Gasteiger partial charge in [0.05, 0.1) is 16.2 Å². The first-order valence-corrected chi connectivity index (χ1v) is 12.6. The molecule has 0 bridgehead atoms. The summed E-state index contributed by atoms with van der Waals surface area (Å²) in [6.45, 7) is 2.24. The number of carbonyl (C=O) groups is 1. The van der Waals surface area contributed by atoms with Gasteiger partial charge in [0.2, 0.25) is 0 Å². The molecule has 0 aliphatic carbocycles. The standard InChI is InChI=1S/C27H27NO4S/c1-19(28-2)16-22-10-6-7-11-23(22)18-33(30,31)24-14-12-20(13-15-24)25-17-32-27(29)26(25)21-8-4-3-5-9-21/h3-15,19,28H,16-18H2,1-2H3/t19-/m0/s1. The maximum atomic E-state index is 13.2. The first-order chi connectivity index (χ1) is 15.9. The number of rotatable bonds is 8. The fourth-order valence-corrected chi connectivity index (χ4v) is 5.42. The maximum Gasteiger partial charge on any atom is 0.339 e. The highest BCUT2D eigenvalue weighted by atomic mass is 32.2. The quantitative estimate of drug-likeness (QED) is 0.507. The molecule has 1 N–H and O–H groups in total. The fraction of sp³-hybridized carbons (Fsp3) is 0.222. The molecular formula is C27H27NO4S. The Hall–Kier alpha value is -3.22. The van der Waals surface area contributed by atoms with Gasteiger partial charge in [-0.2, -0.15) is 0 Å². The molecule has 0 fully saturated rings. The van der Waals surface area contributed by atoms with Crippen molar-refractivity contribution in [3.63, 3.8) is 0 Å². The number of nitrogens with one attached hydrogen (secondary N) is 1. The minimum Gasteiger partial charge on any atom is -0.457 e. The van der Waals surface area contributed by atoms with Crippen LogP contribution in [0.5, 0.6) is 0 Å². The van der Waals surface area contributed by atoms with E-state index in [-0.39, 0.29) is 29.3 Å². The van der Waals surface area contributed by atoms with E-state index in [1.54, 1.807) is 24.3 Å². The second-order valence-electron chi connectivity index (χ2n) is 8.24. The highest BCUT2D eigenvalue weighted by Gasteiger charge is 2.27. The lowest BCUT2D eigenvalue weighted by Gasteiger charge is -2.14. The van der Waals surface area contributed by atoms with E-state index < -0.39 is 9.84 Å². The van der Waals surface area contributed by atoms with Gasteiger partial charge < -0.3 is 10.1 Å². The zero-order valence-corrected chi connectivity index (χ0v) is 19.6. The van der Waals surface area contributed by atoms with E-state index in [9.17, 15) is 13.2 Å². The predicted octanol–water partition coefficient (Wildman–Crippen LogP) is 4.28. The first-order valence-electron chi connectivity index (χ1n) is 10.9. The largest absolute Gasteiger partial charge is 0.457 e. The number of hydrogen-bond donors (Lipinski definition) is 1. The molecule has 6 heteroatoms. The van der Waals surface area contributed by atoms with Crippen molar-refractivity contribution in [3.05, 3.63) is 101 Å². The molecule has 0 saturated heterocycles. The minimum atomic E-state index is -3.53. The molecule has 1 atom stereocenters. The van der Waals surface area contributed by atoms with Gasteiger partial charge in [-0.05, 0) is 54.8 Å². The molecule has 33 heavy (non-hydrogen) atoms. The number of likely N-dealkylation sites (N-methyl/N-ethyl adjacent to an activating group) is 1. The van der Waals surface area contributed by atoms with Crippen molar-refractivity contribution >= 4 is 27.0 Å². The van der Waals surface area contributed by atoms with Crippen LogP contribution in [0, 0.1) is 0 Å². The van der Waals surface area contributed by atoms with Crippen LogP contribution in [0.1, 0.15) is 29.2 Å². The minimum absolute atomic E-state index is 0.0570. The van der Waals surface area contributed by atoms with Crippen LogP contribution in [0.15, 0.2) is 83.8 Å². The zero-order chi connectivity index (χ0) is 23.4. The van der Waals surface area contributed by atoms with Gasteiger partial charge in [0.1, 0.15) is 6.61 Å². The second kappa shape index (κ2) is 9.73. The molecule has 3 aromatic carbocycles. The summed E-state index contributed by atoms with van der Waals surface area (Å²) < 4.78 is 31.6. The zero-order valence-electron chi connectivity index (χ0n) is 18.7. The Balaban J connectivity index is 1.61. The van der Waals surface area contributed by atoms with Gasteiger partial charge in [-0.3, -0.25) is 0 Å². The fourth-order valence-electron chi connectivity index (χ4n) is 4.01. The van der Waals surface area contributed by atoms with Gasteiger partial charge in [-0.15, -0.1) is 0 Å². The van der Waals surface area contributed by atoms with E-state index in [0.717, 1.165) is 34.2 Å². The average Bonchev–Trinajstić information content (AvgIpc) is 3.22. The van der Waals surface area contributed by atoms with Gasteiger partial charge in [-0.25, -0.2) is 13.2 Å². The number of esters is 1. The van der Waals surface area contributed by atoms with Crippen LogP contribution in [0.2, 0.25) is 0 Å². The Morgan fingerprint density at radius 2 is 1.52 bits per heavy atom. The van der Waals surface area contributed by atoms with Crippen molar-refractivity contribution in [2.75, 3.05) is 13.7 Å². The highest BCUT2D eigenvalue weighted by molar-refractivity contribution is 7.90. The molecule has 1 aliphatic heterocycles. The third-order valence-corrected chi connectivity index (χ3v) is 7.64. The van der Waals surface area contributed by atoms with E-state index in [0.29, 0.717) is 5.57 Å². The van der Waals surface area contributed by atoms with Crippen molar-refractivity contribution in [1.29, 1.82) is 0 Å². The maximum absolute atomic E-state index is 13.2. The van der Waals surface area contributed by atoms with Crippen molar-refractivity contribution in [2.24, 2.45) is 0 Å². The summed E-state index contributed by atoms with van der Waals surface area (Å²) in [5, 5.41) is 3.20. The Morgan fingerprint density at radius 1 is 0.879 bits per heavy atom. The van der Waals surface area contributed by atoms with Crippen LogP contribution in [-0.2, 0) is 31.5 Å². The van der Waals surface area contributed by atoms with Crippen molar-refractivity contribution < 1.29 is 17.9 Å². The van der Waals surface area contributed by atoms with E-state index in [2.05, 4.69) is 12.2 Å². The lowest BCUT2D eigenvalue weighted by atomic mass is 9.97. The summed E-state index contributed by atoms with van der Waals surface area (Å²) in [6, 6.07) is 24.0. The topological polar surface area (TPSA) is 72.5 Å². The van der Waals surface area contributed by atoms with Crippen LogP contribution < -0.4 is 5.32 Å². The lowest BCUT2D eigenvalue weighted by molar-refractivity contribution is -0.133. The molecule has 0 amide bonds. The Labute approximate surface area is 195 Å². The molecule has 3 aromatic rings. The highest BCUT2D eigenvalue weighted by Crippen LogP contribution is 2.33. The molecule has 5 nitrogen and oxygen atoms in total. The van der Waals surface area contributed by atoms with Crippen LogP contribution in [-0.4, -0.2) is 34.1 Å². The molecule has 170 valence electrons. The predicted molar refractivity (Wildman–Crippen MR) is 130 cm³/mol. The van der Waals surface area contributed by atoms with Crippen LogP contribution in [0.3, 0.4) is 0 Å². The van der Waals surface area contributed by atoms with E-state index in [4.69, 9.17) is 4.74 Å². The number of carbonyl (C=O) groups excluding carboxylic acids is 1. The number of hydrogen-bond acceptors (Lipinski definition) is 5. The van der Waals surface area contributed by atoms with Crippen molar-refractivity contribution in [1.82, 2.24) is 5.32 Å². The summed E-state index contributed by atoms with van der Waals surface area (Å²) >= 11 is 0. The van der Waals surface area contributed by atoms with E-state index >= 15 is 0 Å². The molecule has 4 rings (SSSR count). The van der Waals surface area contributed by atoms with Gasteiger partial charge in [0.25, 0.3) is 0 Å². The molecule has 0 radical (unpaired) electrons. The van der Waals surface area contributed by atoms with Crippen LogP contribution in [0.4, 0.5) is 0 Å². The SMILES string of the molecule is CN[C@@H](C)Cc1ccccc1CS(=O)(=O)c1ccc(C2=C(c3ccccc3)C(=O)OC2)cc1. The van der Waals surface area contributed by atoms with Gasteiger partial charge in [0.15, 0.2) is 9.84 Å². The van der Waals surface area contributed by atoms with Gasteiger partial charge in [0, 0.05) is 11.6 Å². The third-order valence-electron chi connectivity index (χ3n) is 5.96. The molecule has 0 spiro atoms. The number of benzene rings is 3. The number of sulfone groups is 1. The summed E-state index contributed by atoms with van der Waals surface area (Å²) in [6.07, 6.45) is 0.756. The van der Waals surface area contributed by atoms with Gasteiger partial charge in [-0.1, -0.05) is 66.7 Å².